The summed E-state index contributed by atoms with van der Waals surface area (Å²) in [5, 5.41) is 69.1. The van der Waals surface area contributed by atoms with Crippen molar-refractivity contribution in [2.75, 3.05) is 26.4 Å². The number of amides is 9. The summed E-state index contributed by atoms with van der Waals surface area (Å²) in [6.45, 7) is 3.67. The Balaban J connectivity index is 2.04. The molecule has 398 valence electrons. The van der Waals surface area contributed by atoms with E-state index in [9.17, 15) is 73.2 Å². The molecular weight excluding hydrogens is 953 g/mol. The summed E-state index contributed by atoms with van der Waals surface area (Å²) in [6, 6.07) is -4.91. The van der Waals surface area contributed by atoms with Gasteiger partial charge >= 0.3 is 11.9 Å². The Morgan fingerprint density at radius 1 is 0.569 bits per heavy atom. The van der Waals surface area contributed by atoms with Crippen molar-refractivity contribution < 1.29 is 78.3 Å². The molecule has 0 bridgehead atoms. The van der Waals surface area contributed by atoms with E-state index in [0.29, 0.717) is 11.3 Å². The molecule has 0 aliphatic rings. The number of carboxylic acid groups (broad SMARTS) is 2. The Hall–Kier alpha value is -7.56. The van der Waals surface area contributed by atoms with Gasteiger partial charge in [0, 0.05) is 31.2 Å². The third-order valence-corrected chi connectivity index (χ3v) is 10.6. The molecule has 28 heteroatoms. The summed E-state index contributed by atoms with van der Waals surface area (Å²) in [5.74, 6) is -12.8. The highest BCUT2D eigenvalue weighted by molar-refractivity contribution is 5.98. The number of aliphatic hydroxyl groups is 3. The zero-order valence-corrected chi connectivity index (χ0v) is 40.3. The summed E-state index contributed by atoms with van der Waals surface area (Å²) < 4.78 is 0. The van der Waals surface area contributed by atoms with E-state index in [1.807, 2.05) is 0 Å². The van der Waals surface area contributed by atoms with Crippen molar-refractivity contribution in [2.24, 2.45) is 17.6 Å². The predicted octanol–water partition coefficient (Wildman–Crippen LogP) is -6.23. The van der Waals surface area contributed by atoms with E-state index in [4.69, 9.17) is 10.8 Å². The second-order valence-corrected chi connectivity index (χ2v) is 17.2. The van der Waals surface area contributed by atoms with E-state index >= 15 is 0 Å². The van der Waals surface area contributed by atoms with Gasteiger partial charge in [-0.25, -0.2) is 9.78 Å². The van der Waals surface area contributed by atoms with E-state index in [-0.39, 0.29) is 12.8 Å². The number of hydrogen-bond acceptors (Lipinski definition) is 16. The van der Waals surface area contributed by atoms with Gasteiger partial charge in [0.15, 0.2) is 0 Å². The molecule has 0 saturated heterocycles. The van der Waals surface area contributed by atoms with Crippen molar-refractivity contribution in [3.63, 3.8) is 0 Å². The lowest BCUT2D eigenvalue weighted by molar-refractivity contribution is -0.143. The van der Waals surface area contributed by atoms with Gasteiger partial charge in [-0.05, 0) is 30.7 Å². The summed E-state index contributed by atoms with van der Waals surface area (Å²) in [7, 11) is 0. The Kier molecular flexibility index (Phi) is 25.4. The van der Waals surface area contributed by atoms with Crippen LogP contribution in [0.1, 0.15) is 58.7 Å². The van der Waals surface area contributed by atoms with Gasteiger partial charge in [0.2, 0.25) is 53.2 Å². The quantitative estimate of drug-likeness (QED) is 0.0334. The zero-order valence-electron chi connectivity index (χ0n) is 40.3. The van der Waals surface area contributed by atoms with Crippen LogP contribution in [0.3, 0.4) is 0 Å². The molecular formula is C44H66N12O16. The van der Waals surface area contributed by atoms with Crippen LogP contribution in [-0.2, 0) is 65.6 Å². The molecule has 0 unspecified atom stereocenters. The number of nitrogens with one attached hydrogen (secondary N) is 10. The number of carboxylic acids is 2. The minimum absolute atomic E-state index is 0.0267. The molecule has 2 aromatic rings. The Morgan fingerprint density at radius 2 is 1.06 bits per heavy atom. The molecule has 0 aliphatic carbocycles. The van der Waals surface area contributed by atoms with Crippen LogP contribution in [0.25, 0.3) is 0 Å². The monoisotopic (exact) mass is 1020 g/mol. The summed E-state index contributed by atoms with van der Waals surface area (Å²) in [6.07, 6.45) is 1.68. The number of nitrogens with zero attached hydrogens (tertiary/aromatic N) is 1. The minimum Gasteiger partial charge on any atom is -0.481 e. The average Bonchev–Trinajstić information content (AvgIpc) is 3.85. The molecule has 28 nitrogen and oxygen atoms in total. The third kappa shape index (κ3) is 20.4. The first-order chi connectivity index (χ1) is 33.9. The van der Waals surface area contributed by atoms with Crippen LogP contribution in [0.5, 0.6) is 0 Å². The van der Waals surface area contributed by atoms with Crippen molar-refractivity contribution in [3.05, 3.63) is 54.1 Å². The second kappa shape index (κ2) is 30.2. The standard InChI is InChI=1S/C44H66N12O16/c1-21(2)34(42(69)49-23(5)36(63)52-31(19-59)41(68)56-35(22(3)4)43(70)50-27(44(71)72)11-12-33(61)62)55-32(60)16-47-38(65)29(17-57)54-39(66)28(13-24-9-7-6-8-10-24)51-40(67)30(18-58)53-37(64)26(45)14-25-15-46-20-48-25/h6-10,15,20-23,26-31,34-35,57-59H,11-14,16-19,45H2,1-5H3,(H,46,48)(H,47,65)(H,49,69)(H,50,70)(H,51,67)(H,52,63)(H,53,64)(H,54,66)(H,55,60)(H,56,68)(H,61,62)(H,71,72)/t23-,26-,27-,28-,29-,30-,31-,34-,35-/m0/s1. The van der Waals surface area contributed by atoms with Crippen LogP contribution in [0.2, 0.25) is 0 Å². The van der Waals surface area contributed by atoms with Gasteiger partial charge in [-0.15, -0.1) is 0 Å². The predicted molar refractivity (Wildman–Crippen MR) is 250 cm³/mol. The van der Waals surface area contributed by atoms with Crippen LogP contribution in [-0.4, -0.2) is 181 Å². The molecule has 0 aliphatic heterocycles. The van der Waals surface area contributed by atoms with E-state index in [1.54, 1.807) is 44.2 Å². The summed E-state index contributed by atoms with van der Waals surface area (Å²) >= 11 is 0. The molecule has 9 atom stereocenters. The molecule has 9 amide bonds. The van der Waals surface area contributed by atoms with Gasteiger partial charge in [-0.2, -0.15) is 0 Å². The third-order valence-electron chi connectivity index (χ3n) is 10.6. The maximum Gasteiger partial charge on any atom is 0.326 e. The highest BCUT2D eigenvalue weighted by atomic mass is 16.4. The smallest absolute Gasteiger partial charge is 0.326 e. The van der Waals surface area contributed by atoms with Crippen molar-refractivity contribution >= 4 is 65.1 Å². The molecule has 72 heavy (non-hydrogen) atoms. The topological polar surface area (TPSA) is 452 Å². The van der Waals surface area contributed by atoms with Crippen LogP contribution in [0.4, 0.5) is 0 Å². The number of aliphatic hydroxyl groups excluding tert-OH is 3. The van der Waals surface area contributed by atoms with Crippen LogP contribution in [0, 0.1) is 11.8 Å². The van der Waals surface area contributed by atoms with Crippen molar-refractivity contribution in [3.8, 4) is 0 Å². The molecule has 0 radical (unpaired) electrons. The Labute approximate surface area is 413 Å². The highest BCUT2D eigenvalue weighted by Gasteiger charge is 2.34. The fraction of sp³-hybridized carbons (Fsp3) is 0.545. The largest absolute Gasteiger partial charge is 0.481 e. The second-order valence-electron chi connectivity index (χ2n) is 17.2. The van der Waals surface area contributed by atoms with Gasteiger partial charge < -0.3 is 84.1 Å². The van der Waals surface area contributed by atoms with E-state index in [2.05, 4.69) is 57.8 Å². The fourth-order valence-corrected chi connectivity index (χ4v) is 6.48. The van der Waals surface area contributed by atoms with Crippen LogP contribution >= 0.6 is 0 Å². The van der Waals surface area contributed by atoms with E-state index in [1.165, 1.54) is 33.3 Å². The van der Waals surface area contributed by atoms with Crippen molar-refractivity contribution in [1.29, 1.82) is 0 Å². The lowest BCUT2D eigenvalue weighted by atomic mass is 10.0. The number of aliphatic carboxylic acids is 2. The average molecular weight is 1020 g/mol. The first kappa shape index (κ1) is 60.6. The van der Waals surface area contributed by atoms with Gasteiger partial charge in [0.25, 0.3) is 0 Å². The number of nitrogens with two attached hydrogens (primary N) is 1. The SMILES string of the molecule is CC(C)[C@H](NC(=O)CNC(=O)[C@H](CO)NC(=O)[C@H](Cc1ccccc1)NC(=O)[C@H](CO)NC(=O)[C@@H](N)Cc1cnc[nH]1)C(=O)N[C@@H](C)C(=O)N[C@@H](CO)C(=O)N[C@H](C(=O)N[C@@H](CCC(=O)O)C(=O)O)C(C)C. The first-order valence-electron chi connectivity index (χ1n) is 22.7. The van der Waals surface area contributed by atoms with Gasteiger partial charge in [-0.1, -0.05) is 58.0 Å². The Morgan fingerprint density at radius 3 is 1.58 bits per heavy atom. The molecule has 1 aromatic carbocycles. The maximum atomic E-state index is 13.6. The summed E-state index contributed by atoms with van der Waals surface area (Å²) in [5.41, 5.74) is 7.04. The van der Waals surface area contributed by atoms with E-state index < -0.39 is 171 Å². The lowest BCUT2D eigenvalue weighted by Crippen LogP contribution is -2.60. The maximum absolute atomic E-state index is 13.6. The van der Waals surface area contributed by atoms with Crippen molar-refractivity contribution in [2.45, 2.75) is 115 Å². The number of carbonyl (C=O) groups is 11. The van der Waals surface area contributed by atoms with Gasteiger partial charge in [0.05, 0.1) is 38.7 Å². The normalized spacial score (nSPS) is 14.8. The van der Waals surface area contributed by atoms with Crippen molar-refractivity contribution in [1.82, 2.24) is 57.8 Å². The Bertz CT molecular complexity index is 2180. The van der Waals surface area contributed by atoms with Gasteiger partial charge in [-0.3, -0.25) is 47.9 Å². The number of carbonyl (C=O) groups excluding carboxylic acids is 9. The minimum atomic E-state index is -1.68. The van der Waals surface area contributed by atoms with Crippen LogP contribution in [0.15, 0.2) is 42.9 Å². The molecule has 0 spiro atoms. The number of aromatic nitrogens is 2. The highest BCUT2D eigenvalue weighted by Crippen LogP contribution is 2.08. The molecule has 17 N–H and O–H groups in total. The zero-order chi connectivity index (χ0) is 54.2. The molecule has 2 rings (SSSR count). The fourth-order valence-electron chi connectivity index (χ4n) is 6.48. The molecule has 0 saturated carbocycles. The lowest BCUT2D eigenvalue weighted by Gasteiger charge is -2.27. The van der Waals surface area contributed by atoms with E-state index in [0.717, 1.165) is 0 Å². The van der Waals surface area contributed by atoms with Gasteiger partial charge in [0.1, 0.15) is 48.3 Å². The summed E-state index contributed by atoms with van der Waals surface area (Å²) in [4.78, 5) is 148. The number of H-pyrrole nitrogens is 1. The molecule has 1 aromatic heterocycles. The number of benzene rings is 1. The molecule has 0 fully saturated rings. The molecule has 1 heterocycles. The number of rotatable bonds is 31. The van der Waals surface area contributed by atoms with Crippen LogP contribution < -0.4 is 53.6 Å². The number of hydrogen-bond donors (Lipinski definition) is 16. The number of imidazole rings is 1. The number of aromatic amines is 1. The first-order valence-corrected chi connectivity index (χ1v) is 22.7.